The SMILES string of the molecule is COc1ccc(Cl)cc1-c1nn(-c2ccc(C)c(Cl)c2)c2c1CCN2. The molecule has 1 aromatic heterocycles. The van der Waals surface area contributed by atoms with Gasteiger partial charge in [0, 0.05) is 27.7 Å². The number of nitrogens with zero attached hydrogens (tertiary/aromatic N) is 2. The maximum atomic E-state index is 6.31. The number of anilines is 1. The second kappa shape index (κ2) is 6.28. The fourth-order valence-electron chi connectivity index (χ4n) is 3.16. The summed E-state index contributed by atoms with van der Waals surface area (Å²) in [6.45, 7) is 2.86. The molecule has 2 aromatic carbocycles. The van der Waals surface area contributed by atoms with Crippen LogP contribution < -0.4 is 10.1 Å². The van der Waals surface area contributed by atoms with Gasteiger partial charge in [-0.1, -0.05) is 29.3 Å². The van der Waals surface area contributed by atoms with Crippen LogP contribution in [-0.2, 0) is 6.42 Å². The minimum atomic E-state index is 0.656. The van der Waals surface area contributed by atoms with E-state index in [0.29, 0.717) is 5.02 Å². The second-order valence-corrected chi connectivity index (χ2v) is 6.89. The number of hydrogen-bond acceptors (Lipinski definition) is 3. The first kappa shape index (κ1) is 16.3. The lowest BCUT2D eigenvalue weighted by Gasteiger charge is -2.09. The summed E-state index contributed by atoms with van der Waals surface area (Å²) in [5.41, 5.74) is 4.91. The third kappa shape index (κ3) is 2.75. The lowest BCUT2D eigenvalue weighted by molar-refractivity contribution is 0.416. The molecule has 0 atom stereocenters. The molecule has 0 bridgehead atoms. The predicted molar refractivity (Wildman–Crippen MR) is 103 cm³/mol. The van der Waals surface area contributed by atoms with Crippen molar-refractivity contribution in [1.82, 2.24) is 9.78 Å². The summed E-state index contributed by atoms with van der Waals surface area (Å²) in [6, 6.07) is 11.5. The van der Waals surface area contributed by atoms with Crippen LogP contribution in [0.25, 0.3) is 16.9 Å². The van der Waals surface area contributed by atoms with E-state index in [1.54, 1.807) is 7.11 Å². The van der Waals surface area contributed by atoms with Gasteiger partial charge in [0.1, 0.15) is 17.3 Å². The number of benzene rings is 2. The van der Waals surface area contributed by atoms with Gasteiger partial charge in [0.2, 0.25) is 0 Å². The largest absolute Gasteiger partial charge is 0.496 e. The van der Waals surface area contributed by atoms with Gasteiger partial charge in [0.05, 0.1) is 12.8 Å². The lowest BCUT2D eigenvalue weighted by Crippen LogP contribution is -2.04. The van der Waals surface area contributed by atoms with Crippen LogP contribution in [0.15, 0.2) is 36.4 Å². The highest BCUT2D eigenvalue weighted by Crippen LogP contribution is 2.39. The van der Waals surface area contributed by atoms with Crippen molar-refractivity contribution in [2.24, 2.45) is 0 Å². The zero-order chi connectivity index (χ0) is 17.6. The van der Waals surface area contributed by atoms with Crippen LogP contribution in [0.3, 0.4) is 0 Å². The zero-order valence-electron chi connectivity index (χ0n) is 13.9. The molecule has 0 radical (unpaired) electrons. The molecule has 3 aromatic rings. The van der Waals surface area contributed by atoms with Crippen molar-refractivity contribution in [2.75, 3.05) is 19.0 Å². The van der Waals surface area contributed by atoms with Gasteiger partial charge < -0.3 is 10.1 Å². The fraction of sp³-hybridized carbons (Fsp3) is 0.211. The Labute approximate surface area is 156 Å². The highest BCUT2D eigenvalue weighted by molar-refractivity contribution is 6.31. The molecule has 0 unspecified atom stereocenters. The Morgan fingerprint density at radius 2 is 2.00 bits per heavy atom. The van der Waals surface area contributed by atoms with Crippen molar-refractivity contribution in [3.63, 3.8) is 0 Å². The van der Waals surface area contributed by atoms with Gasteiger partial charge in [-0.05, 0) is 49.2 Å². The summed E-state index contributed by atoms with van der Waals surface area (Å²) in [7, 11) is 1.65. The first-order valence-corrected chi connectivity index (χ1v) is 8.80. The van der Waals surface area contributed by atoms with Gasteiger partial charge in [0.15, 0.2) is 0 Å². The topological polar surface area (TPSA) is 39.1 Å². The number of nitrogens with one attached hydrogen (secondary N) is 1. The van der Waals surface area contributed by atoms with Crippen LogP contribution in [0.1, 0.15) is 11.1 Å². The highest BCUT2D eigenvalue weighted by atomic mass is 35.5. The van der Waals surface area contributed by atoms with E-state index in [-0.39, 0.29) is 0 Å². The lowest BCUT2D eigenvalue weighted by atomic mass is 10.1. The molecular weight excluding hydrogens is 357 g/mol. The molecule has 2 heterocycles. The number of ether oxygens (including phenoxy) is 1. The Hall–Kier alpha value is -2.17. The van der Waals surface area contributed by atoms with Gasteiger partial charge in [-0.15, -0.1) is 0 Å². The normalized spacial score (nSPS) is 12.8. The molecule has 0 spiro atoms. The van der Waals surface area contributed by atoms with Crippen molar-refractivity contribution < 1.29 is 4.74 Å². The number of hydrogen-bond donors (Lipinski definition) is 1. The van der Waals surface area contributed by atoms with Gasteiger partial charge in [-0.25, -0.2) is 4.68 Å². The van der Waals surface area contributed by atoms with E-state index in [4.69, 9.17) is 33.0 Å². The van der Waals surface area contributed by atoms with Gasteiger partial charge >= 0.3 is 0 Å². The standard InChI is InChI=1S/C19H17Cl2N3O/c1-11-3-5-13(10-16(11)21)24-19-14(7-8-22-19)18(23-24)15-9-12(20)4-6-17(15)25-2/h3-6,9-10,22H,7-8H2,1-2H3. The van der Waals surface area contributed by atoms with Crippen molar-refractivity contribution in [3.05, 3.63) is 57.6 Å². The Morgan fingerprint density at radius 3 is 2.76 bits per heavy atom. The van der Waals surface area contributed by atoms with E-state index in [9.17, 15) is 0 Å². The van der Waals surface area contributed by atoms with Crippen LogP contribution >= 0.6 is 23.2 Å². The quantitative estimate of drug-likeness (QED) is 0.691. The van der Waals surface area contributed by atoms with Gasteiger partial charge in [0.25, 0.3) is 0 Å². The summed E-state index contributed by atoms with van der Waals surface area (Å²) in [5, 5.41) is 9.66. The Bertz CT molecular complexity index is 966. The minimum Gasteiger partial charge on any atom is -0.496 e. The number of rotatable bonds is 3. The Kier molecular flexibility index (Phi) is 4.10. The molecule has 1 N–H and O–H groups in total. The van der Waals surface area contributed by atoms with Crippen LogP contribution in [0.5, 0.6) is 5.75 Å². The van der Waals surface area contributed by atoms with E-state index in [1.807, 2.05) is 48.0 Å². The zero-order valence-corrected chi connectivity index (χ0v) is 15.4. The molecule has 1 aliphatic heterocycles. The molecule has 6 heteroatoms. The number of aryl methyl sites for hydroxylation is 1. The summed E-state index contributed by atoms with van der Waals surface area (Å²) < 4.78 is 7.42. The second-order valence-electron chi connectivity index (χ2n) is 6.04. The van der Waals surface area contributed by atoms with Crippen molar-refractivity contribution >= 4 is 29.0 Å². The first-order chi connectivity index (χ1) is 12.1. The predicted octanol–water partition coefficient (Wildman–Crippen LogP) is 5.13. The maximum absolute atomic E-state index is 6.31. The van der Waals surface area contributed by atoms with Gasteiger partial charge in [-0.2, -0.15) is 5.10 Å². The number of aromatic nitrogens is 2. The summed E-state index contributed by atoms with van der Waals surface area (Å²) >= 11 is 12.5. The number of fused-ring (bicyclic) bond motifs is 1. The van der Waals surface area contributed by atoms with Crippen molar-refractivity contribution in [3.8, 4) is 22.7 Å². The smallest absolute Gasteiger partial charge is 0.133 e. The summed E-state index contributed by atoms with van der Waals surface area (Å²) in [5.74, 6) is 1.75. The van der Waals surface area contributed by atoms with Crippen LogP contribution in [0.2, 0.25) is 10.0 Å². The Balaban J connectivity index is 1.92. The van der Waals surface area contributed by atoms with E-state index >= 15 is 0 Å². The number of halogens is 2. The average molecular weight is 374 g/mol. The fourth-order valence-corrected chi connectivity index (χ4v) is 3.50. The molecule has 0 amide bonds. The molecule has 0 saturated heterocycles. The molecule has 25 heavy (non-hydrogen) atoms. The molecule has 4 nitrogen and oxygen atoms in total. The third-order valence-electron chi connectivity index (χ3n) is 4.47. The number of methoxy groups -OCH3 is 1. The Morgan fingerprint density at radius 1 is 1.16 bits per heavy atom. The molecule has 0 fully saturated rings. The van der Waals surface area contributed by atoms with E-state index in [1.165, 1.54) is 0 Å². The minimum absolute atomic E-state index is 0.656. The summed E-state index contributed by atoms with van der Waals surface area (Å²) in [6.07, 6.45) is 0.903. The maximum Gasteiger partial charge on any atom is 0.133 e. The first-order valence-electron chi connectivity index (χ1n) is 8.04. The van der Waals surface area contributed by atoms with E-state index < -0.39 is 0 Å². The van der Waals surface area contributed by atoms with Crippen LogP contribution in [0.4, 0.5) is 5.82 Å². The average Bonchev–Trinajstić information content (AvgIpc) is 3.20. The van der Waals surface area contributed by atoms with Crippen molar-refractivity contribution in [2.45, 2.75) is 13.3 Å². The molecular formula is C19H17Cl2N3O. The monoisotopic (exact) mass is 373 g/mol. The van der Waals surface area contributed by atoms with E-state index in [2.05, 4.69) is 5.32 Å². The van der Waals surface area contributed by atoms with E-state index in [0.717, 1.165) is 57.6 Å². The van der Waals surface area contributed by atoms with Crippen molar-refractivity contribution in [1.29, 1.82) is 0 Å². The third-order valence-corrected chi connectivity index (χ3v) is 5.11. The molecule has 0 saturated carbocycles. The van der Waals surface area contributed by atoms with Crippen LogP contribution in [-0.4, -0.2) is 23.4 Å². The van der Waals surface area contributed by atoms with Crippen LogP contribution in [0, 0.1) is 6.92 Å². The highest BCUT2D eigenvalue weighted by Gasteiger charge is 2.25. The summed E-state index contributed by atoms with van der Waals surface area (Å²) in [4.78, 5) is 0. The van der Waals surface area contributed by atoms with Gasteiger partial charge in [-0.3, -0.25) is 0 Å². The molecule has 4 rings (SSSR count). The molecule has 1 aliphatic rings. The molecule has 0 aliphatic carbocycles. The molecule has 128 valence electrons.